The molecular weight excluding hydrogens is 210 g/mol. The molecule has 0 saturated heterocycles. The summed E-state index contributed by atoms with van der Waals surface area (Å²) in [6.07, 6.45) is 2.81. The number of hydrogen-bond acceptors (Lipinski definition) is 6. The number of hydrogen-bond donors (Lipinski definition) is 1. The van der Waals surface area contributed by atoms with Gasteiger partial charge >= 0.3 is 0 Å². The molecule has 0 aliphatic carbocycles. The van der Waals surface area contributed by atoms with Gasteiger partial charge in [0.1, 0.15) is 25.0 Å². The van der Waals surface area contributed by atoms with Crippen molar-refractivity contribution in [2.75, 3.05) is 11.7 Å². The maximum Gasteiger partial charge on any atom is 0.294 e. The van der Waals surface area contributed by atoms with Crippen molar-refractivity contribution in [1.29, 1.82) is 0 Å². The van der Waals surface area contributed by atoms with E-state index >= 15 is 0 Å². The molecule has 0 saturated carbocycles. The minimum atomic E-state index is -0.428. The molecule has 0 radical (unpaired) electrons. The van der Waals surface area contributed by atoms with Gasteiger partial charge in [0.25, 0.3) is 5.69 Å². The summed E-state index contributed by atoms with van der Waals surface area (Å²) in [6.45, 7) is 0.269. The quantitative estimate of drug-likeness (QED) is 0.592. The minimum Gasteiger partial charge on any atom is -0.286 e. The van der Waals surface area contributed by atoms with Crippen LogP contribution in [-0.2, 0) is 0 Å². The van der Waals surface area contributed by atoms with E-state index in [1.54, 1.807) is 23.2 Å². The van der Waals surface area contributed by atoms with Gasteiger partial charge in [-0.15, -0.1) is 0 Å². The van der Waals surface area contributed by atoms with Gasteiger partial charge in [0, 0.05) is 6.07 Å². The highest BCUT2D eigenvalue weighted by Crippen LogP contribution is 2.26. The van der Waals surface area contributed by atoms with Gasteiger partial charge in [-0.1, -0.05) is 12.1 Å². The summed E-state index contributed by atoms with van der Waals surface area (Å²) >= 11 is 0. The van der Waals surface area contributed by atoms with E-state index < -0.39 is 4.92 Å². The number of benzene rings is 1. The molecule has 0 fully saturated rings. The molecule has 1 N–H and O–H groups in total. The van der Waals surface area contributed by atoms with Crippen LogP contribution in [0.3, 0.4) is 0 Å². The molecule has 1 aliphatic rings. The standard InChI is InChI=1S/C9H9N5O2/c15-14(16)9-4-2-1-3-8(9)13-7-11-5-10-6-12-13/h1-6H,7H2,(H,10,11,12). The topological polar surface area (TPSA) is 83.1 Å². The predicted octanol–water partition coefficient (Wildman–Crippen LogP) is 0.933. The van der Waals surface area contributed by atoms with Crippen LogP contribution in [0.4, 0.5) is 11.4 Å². The fraction of sp³-hybridized carbons (Fsp3) is 0.111. The first-order valence-corrected chi connectivity index (χ1v) is 4.56. The van der Waals surface area contributed by atoms with Gasteiger partial charge in [-0.2, -0.15) is 0 Å². The molecule has 0 bridgehead atoms. The van der Waals surface area contributed by atoms with Crippen molar-refractivity contribution in [3.8, 4) is 0 Å². The van der Waals surface area contributed by atoms with Crippen LogP contribution < -0.4 is 10.4 Å². The van der Waals surface area contributed by atoms with Crippen molar-refractivity contribution < 1.29 is 4.92 Å². The zero-order valence-corrected chi connectivity index (χ0v) is 8.28. The monoisotopic (exact) mass is 219 g/mol. The van der Waals surface area contributed by atoms with Crippen molar-refractivity contribution in [2.24, 2.45) is 9.98 Å². The van der Waals surface area contributed by atoms with Gasteiger partial charge < -0.3 is 0 Å². The molecule has 82 valence electrons. The van der Waals surface area contributed by atoms with Crippen molar-refractivity contribution >= 4 is 24.1 Å². The molecule has 1 aromatic carbocycles. The van der Waals surface area contributed by atoms with Crippen LogP contribution in [-0.4, -0.2) is 24.3 Å². The Morgan fingerprint density at radius 3 is 3.06 bits per heavy atom. The molecule has 7 heteroatoms. The lowest BCUT2D eigenvalue weighted by Crippen LogP contribution is -2.36. The van der Waals surface area contributed by atoms with Crippen LogP contribution >= 0.6 is 0 Å². The second-order valence-electron chi connectivity index (χ2n) is 3.02. The molecule has 0 unspecified atom stereocenters. The van der Waals surface area contributed by atoms with Gasteiger partial charge in [-0.3, -0.25) is 25.5 Å². The molecular formula is C9H9N5O2. The molecule has 1 heterocycles. The van der Waals surface area contributed by atoms with Crippen LogP contribution in [0.2, 0.25) is 0 Å². The Morgan fingerprint density at radius 2 is 2.25 bits per heavy atom. The maximum absolute atomic E-state index is 10.8. The summed E-state index contributed by atoms with van der Waals surface area (Å²) in [5, 5.41) is 12.4. The molecule has 7 nitrogen and oxygen atoms in total. The Morgan fingerprint density at radius 1 is 1.44 bits per heavy atom. The molecule has 1 aliphatic heterocycles. The first-order valence-electron chi connectivity index (χ1n) is 4.56. The van der Waals surface area contributed by atoms with Gasteiger partial charge in [0.2, 0.25) is 0 Å². The van der Waals surface area contributed by atoms with E-state index in [1.165, 1.54) is 18.7 Å². The Hall–Kier alpha value is -2.44. The Bertz CT molecular complexity index is 443. The van der Waals surface area contributed by atoms with E-state index in [2.05, 4.69) is 15.4 Å². The average Bonchev–Trinajstić information content (AvgIpc) is 2.57. The molecule has 0 spiro atoms. The Balaban J connectivity index is 2.35. The van der Waals surface area contributed by atoms with Crippen LogP contribution in [0.25, 0.3) is 0 Å². The first kappa shape index (κ1) is 10.1. The average molecular weight is 219 g/mol. The number of aliphatic imine (C=N–C) groups is 2. The molecule has 2 rings (SSSR count). The van der Waals surface area contributed by atoms with Crippen molar-refractivity contribution in [2.45, 2.75) is 0 Å². The zero-order valence-electron chi connectivity index (χ0n) is 8.28. The summed E-state index contributed by atoms with van der Waals surface area (Å²) < 4.78 is 0. The summed E-state index contributed by atoms with van der Waals surface area (Å²) in [5.41, 5.74) is 3.29. The molecule has 1 aromatic rings. The lowest BCUT2D eigenvalue weighted by atomic mass is 10.2. The van der Waals surface area contributed by atoms with Gasteiger partial charge in [-0.05, 0) is 6.07 Å². The van der Waals surface area contributed by atoms with E-state index in [1.807, 2.05) is 0 Å². The third-order valence-corrected chi connectivity index (χ3v) is 2.03. The van der Waals surface area contributed by atoms with Crippen LogP contribution in [0, 0.1) is 10.1 Å². The van der Waals surface area contributed by atoms with Gasteiger partial charge in [0.05, 0.1) is 4.92 Å². The largest absolute Gasteiger partial charge is 0.294 e. The zero-order chi connectivity index (χ0) is 11.4. The Kier molecular flexibility index (Phi) is 2.77. The predicted molar refractivity (Wildman–Crippen MR) is 60.6 cm³/mol. The van der Waals surface area contributed by atoms with Gasteiger partial charge in [0.15, 0.2) is 0 Å². The number of hydrazine groups is 1. The smallest absolute Gasteiger partial charge is 0.286 e. The van der Waals surface area contributed by atoms with E-state index in [9.17, 15) is 10.1 Å². The van der Waals surface area contributed by atoms with Crippen LogP contribution in [0.1, 0.15) is 0 Å². The number of rotatable bonds is 2. The van der Waals surface area contributed by atoms with E-state index in [-0.39, 0.29) is 12.4 Å². The Labute approximate surface area is 91.2 Å². The van der Waals surface area contributed by atoms with E-state index in [0.717, 1.165) is 0 Å². The van der Waals surface area contributed by atoms with Crippen molar-refractivity contribution in [3.63, 3.8) is 0 Å². The third-order valence-electron chi connectivity index (χ3n) is 2.03. The third kappa shape index (κ3) is 1.97. The molecule has 0 atom stereocenters. The fourth-order valence-electron chi connectivity index (χ4n) is 1.34. The van der Waals surface area contributed by atoms with Crippen molar-refractivity contribution in [3.05, 3.63) is 34.4 Å². The number of nitro groups is 1. The molecule has 0 amide bonds. The second-order valence-corrected chi connectivity index (χ2v) is 3.02. The highest BCUT2D eigenvalue weighted by atomic mass is 16.6. The number of nitro benzene ring substituents is 1. The van der Waals surface area contributed by atoms with E-state index in [0.29, 0.717) is 5.69 Å². The lowest BCUT2D eigenvalue weighted by molar-refractivity contribution is -0.384. The maximum atomic E-state index is 10.8. The normalized spacial score (nSPS) is 14.4. The lowest BCUT2D eigenvalue weighted by Gasteiger charge is -2.20. The van der Waals surface area contributed by atoms with Crippen LogP contribution in [0.15, 0.2) is 34.3 Å². The number of para-hydroxylation sites is 2. The number of anilines is 1. The van der Waals surface area contributed by atoms with E-state index in [4.69, 9.17) is 0 Å². The minimum absolute atomic E-state index is 0.0282. The molecule has 0 aromatic heterocycles. The SMILES string of the molecule is O=[N+]([O-])c1ccccc1N1CN=CN=CN1. The number of nitrogens with one attached hydrogen (secondary N) is 1. The summed E-state index contributed by atoms with van der Waals surface area (Å²) in [4.78, 5) is 18.1. The second kappa shape index (κ2) is 4.39. The summed E-state index contributed by atoms with van der Waals surface area (Å²) in [7, 11) is 0. The summed E-state index contributed by atoms with van der Waals surface area (Å²) in [5.74, 6) is 0. The number of nitrogens with zero attached hydrogens (tertiary/aromatic N) is 4. The highest BCUT2D eigenvalue weighted by Gasteiger charge is 2.18. The van der Waals surface area contributed by atoms with Crippen LogP contribution in [0.5, 0.6) is 0 Å². The first-order chi connectivity index (χ1) is 7.79. The fourth-order valence-corrected chi connectivity index (χ4v) is 1.34. The molecule has 16 heavy (non-hydrogen) atoms. The summed E-state index contributed by atoms with van der Waals surface area (Å²) in [6, 6.07) is 6.45. The van der Waals surface area contributed by atoms with Gasteiger partial charge in [-0.25, -0.2) is 4.99 Å². The van der Waals surface area contributed by atoms with Crippen molar-refractivity contribution in [1.82, 2.24) is 5.43 Å². The highest BCUT2D eigenvalue weighted by molar-refractivity contribution is 5.75.